The number of allylic oxidation sites excluding steroid dienone is 1. The fourth-order valence-electron chi connectivity index (χ4n) is 2.21. The molecule has 2 rings (SSSR count). The van der Waals surface area contributed by atoms with Gasteiger partial charge < -0.3 is 5.32 Å². The lowest BCUT2D eigenvalue weighted by atomic mass is 9.90. The summed E-state index contributed by atoms with van der Waals surface area (Å²) in [5, 5.41) is 3.29. The lowest BCUT2D eigenvalue weighted by Crippen LogP contribution is -2.26. The molecular weight excluding hydrogens is 277 g/mol. The fourth-order valence-corrected chi connectivity index (χ4v) is 2.42. The molecule has 0 aromatic carbocycles. The van der Waals surface area contributed by atoms with Gasteiger partial charge in [-0.2, -0.15) is 13.2 Å². The van der Waals surface area contributed by atoms with Crippen molar-refractivity contribution in [2.45, 2.75) is 24.9 Å². The SMILES string of the molecule is C=C(c1cc(C2CCNCC2)cc(Cl)n1)C(F)(F)F. The van der Waals surface area contributed by atoms with Crippen molar-refractivity contribution in [2.24, 2.45) is 0 Å². The Labute approximate surface area is 114 Å². The summed E-state index contributed by atoms with van der Waals surface area (Å²) in [4.78, 5) is 3.73. The van der Waals surface area contributed by atoms with Gasteiger partial charge in [0.25, 0.3) is 0 Å². The second-order valence-electron chi connectivity index (χ2n) is 4.61. The summed E-state index contributed by atoms with van der Waals surface area (Å²) in [6.07, 6.45) is -2.71. The van der Waals surface area contributed by atoms with Crippen molar-refractivity contribution < 1.29 is 13.2 Å². The third-order valence-electron chi connectivity index (χ3n) is 3.28. The van der Waals surface area contributed by atoms with E-state index in [9.17, 15) is 13.2 Å². The Hall–Kier alpha value is -1.07. The highest BCUT2D eigenvalue weighted by molar-refractivity contribution is 6.29. The van der Waals surface area contributed by atoms with Gasteiger partial charge in [0.05, 0.1) is 11.3 Å². The summed E-state index contributed by atoms with van der Waals surface area (Å²) in [7, 11) is 0. The number of piperidine rings is 1. The van der Waals surface area contributed by atoms with Crippen LogP contribution in [0.4, 0.5) is 13.2 Å². The van der Waals surface area contributed by atoms with Gasteiger partial charge in [-0.1, -0.05) is 18.2 Å². The third-order valence-corrected chi connectivity index (χ3v) is 3.47. The minimum absolute atomic E-state index is 0.0800. The smallest absolute Gasteiger partial charge is 0.317 e. The predicted octanol–water partition coefficient (Wildman–Crippen LogP) is 3.78. The van der Waals surface area contributed by atoms with E-state index in [2.05, 4.69) is 16.9 Å². The predicted molar refractivity (Wildman–Crippen MR) is 69.2 cm³/mol. The summed E-state index contributed by atoms with van der Waals surface area (Å²) in [6.45, 7) is 4.79. The monoisotopic (exact) mass is 290 g/mol. The van der Waals surface area contributed by atoms with Crippen LogP contribution in [0.5, 0.6) is 0 Å². The van der Waals surface area contributed by atoms with E-state index in [1.54, 1.807) is 6.07 Å². The van der Waals surface area contributed by atoms with E-state index >= 15 is 0 Å². The van der Waals surface area contributed by atoms with Gasteiger partial charge in [0.2, 0.25) is 0 Å². The second kappa shape index (κ2) is 5.51. The highest BCUT2D eigenvalue weighted by Gasteiger charge is 2.34. The average molecular weight is 291 g/mol. The summed E-state index contributed by atoms with van der Waals surface area (Å²) in [6, 6.07) is 3.10. The van der Waals surface area contributed by atoms with E-state index < -0.39 is 11.7 Å². The molecule has 0 radical (unpaired) electrons. The molecule has 2 nitrogen and oxygen atoms in total. The number of alkyl halides is 3. The molecule has 0 bridgehead atoms. The first-order valence-electron chi connectivity index (χ1n) is 6.02. The minimum atomic E-state index is -4.48. The van der Waals surface area contributed by atoms with Crippen molar-refractivity contribution in [3.05, 3.63) is 35.1 Å². The first kappa shape index (κ1) is 14.3. The lowest BCUT2D eigenvalue weighted by Gasteiger charge is -2.23. The van der Waals surface area contributed by atoms with Crippen LogP contribution in [0.3, 0.4) is 0 Å². The van der Waals surface area contributed by atoms with Gasteiger partial charge in [-0.05, 0) is 49.5 Å². The Bertz CT molecular complexity index is 479. The molecule has 1 aliphatic heterocycles. The molecule has 1 aromatic heterocycles. The molecule has 104 valence electrons. The molecular formula is C13H14ClF3N2. The van der Waals surface area contributed by atoms with Crippen LogP contribution in [-0.2, 0) is 0 Å². The van der Waals surface area contributed by atoms with E-state index in [0.717, 1.165) is 31.5 Å². The Morgan fingerprint density at radius 2 is 1.95 bits per heavy atom. The molecule has 0 saturated carbocycles. The standard InChI is InChI=1S/C13H14ClF3N2/c1-8(13(15,16)17)11-6-10(7-12(14)19-11)9-2-4-18-5-3-9/h6-7,9,18H,1-5H2. The number of pyridine rings is 1. The molecule has 1 fully saturated rings. The lowest BCUT2D eigenvalue weighted by molar-refractivity contribution is -0.0688. The summed E-state index contributed by atoms with van der Waals surface area (Å²) in [5.74, 6) is 0.224. The largest absolute Gasteiger partial charge is 0.417 e. The molecule has 1 N–H and O–H groups in total. The molecule has 2 heterocycles. The number of hydrogen-bond acceptors (Lipinski definition) is 2. The maximum Gasteiger partial charge on any atom is 0.417 e. The van der Waals surface area contributed by atoms with Crippen molar-refractivity contribution in [2.75, 3.05) is 13.1 Å². The van der Waals surface area contributed by atoms with Gasteiger partial charge in [-0.3, -0.25) is 0 Å². The Morgan fingerprint density at radius 1 is 1.32 bits per heavy atom. The average Bonchev–Trinajstić information content (AvgIpc) is 2.37. The fraction of sp³-hybridized carbons (Fsp3) is 0.462. The number of nitrogens with zero attached hydrogens (tertiary/aromatic N) is 1. The van der Waals surface area contributed by atoms with E-state index in [4.69, 9.17) is 11.6 Å². The van der Waals surface area contributed by atoms with Crippen LogP contribution in [0.25, 0.3) is 5.57 Å². The number of aromatic nitrogens is 1. The zero-order valence-corrected chi connectivity index (χ0v) is 11.0. The molecule has 1 saturated heterocycles. The van der Waals surface area contributed by atoms with E-state index in [0.29, 0.717) is 0 Å². The van der Waals surface area contributed by atoms with E-state index in [1.807, 2.05) is 0 Å². The first-order valence-corrected chi connectivity index (χ1v) is 6.40. The zero-order chi connectivity index (χ0) is 14.0. The van der Waals surface area contributed by atoms with Crippen LogP contribution in [0.1, 0.15) is 30.0 Å². The Morgan fingerprint density at radius 3 is 2.53 bits per heavy atom. The first-order chi connectivity index (χ1) is 8.88. The zero-order valence-electron chi connectivity index (χ0n) is 10.2. The van der Waals surface area contributed by atoms with Crippen LogP contribution in [-0.4, -0.2) is 24.2 Å². The van der Waals surface area contributed by atoms with Crippen molar-refractivity contribution in [1.29, 1.82) is 0 Å². The van der Waals surface area contributed by atoms with Crippen LogP contribution in [0.2, 0.25) is 5.15 Å². The normalized spacial score (nSPS) is 17.5. The highest BCUT2D eigenvalue weighted by atomic mass is 35.5. The quantitative estimate of drug-likeness (QED) is 0.839. The van der Waals surface area contributed by atoms with Crippen LogP contribution in [0, 0.1) is 0 Å². The molecule has 1 aliphatic rings. The van der Waals surface area contributed by atoms with Crippen LogP contribution < -0.4 is 5.32 Å². The molecule has 0 atom stereocenters. The van der Waals surface area contributed by atoms with Crippen molar-refractivity contribution in [1.82, 2.24) is 10.3 Å². The van der Waals surface area contributed by atoms with Gasteiger partial charge in [0, 0.05) is 0 Å². The molecule has 0 aliphatic carbocycles. The maximum atomic E-state index is 12.6. The maximum absolute atomic E-state index is 12.6. The van der Waals surface area contributed by atoms with E-state index in [-0.39, 0.29) is 16.8 Å². The molecule has 1 aromatic rings. The Balaban J connectivity index is 2.31. The minimum Gasteiger partial charge on any atom is -0.317 e. The second-order valence-corrected chi connectivity index (χ2v) is 5.00. The number of rotatable bonds is 2. The number of nitrogens with one attached hydrogen (secondary N) is 1. The molecule has 0 unspecified atom stereocenters. The van der Waals surface area contributed by atoms with Gasteiger partial charge in [0.15, 0.2) is 0 Å². The van der Waals surface area contributed by atoms with Gasteiger partial charge >= 0.3 is 6.18 Å². The Kier molecular flexibility index (Phi) is 4.16. The summed E-state index contributed by atoms with van der Waals surface area (Å²) in [5.41, 5.74) is -0.333. The van der Waals surface area contributed by atoms with Gasteiger partial charge in [0.1, 0.15) is 5.15 Å². The van der Waals surface area contributed by atoms with E-state index in [1.165, 1.54) is 6.07 Å². The summed E-state index contributed by atoms with van der Waals surface area (Å²) < 4.78 is 37.9. The molecule has 0 spiro atoms. The van der Waals surface area contributed by atoms with Crippen LogP contribution >= 0.6 is 11.6 Å². The third kappa shape index (κ3) is 3.48. The number of halogens is 4. The van der Waals surface area contributed by atoms with Gasteiger partial charge in [-0.25, -0.2) is 4.98 Å². The van der Waals surface area contributed by atoms with Crippen molar-refractivity contribution >= 4 is 17.2 Å². The van der Waals surface area contributed by atoms with Crippen molar-refractivity contribution in [3.8, 4) is 0 Å². The molecule has 0 amide bonds. The van der Waals surface area contributed by atoms with Crippen molar-refractivity contribution in [3.63, 3.8) is 0 Å². The number of hydrogen-bond donors (Lipinski definition) is 1. The molecule has 6 heteroatoms. The van der Waals surface area contributed by atoms with Gasteiger partial charge in [-0.15, -0.1) is 0 Å². The summed E-state index contributed by atoms with van der Waals surface area (Å²) >= 11 is 5.83. The highest BCUT2D eigenvalue weighted by Crippen LogP contribution is 2.34. The topological polar surface area (TPSA) is 24.9 Å². The van der Waals surface area contributed by atoms with Crippen LogP contribution in [0.15, 0.2) is 18.7 Å². The molecule has 19 heavy (non-hydrogen) atoms.